The van der Waals surface area contributed by atoms with Gasteiger partial charge in [0.1, 0.15) is 0 Å². The summed E-state index contributed by atoms with van der Waals surface area (Å²) in [6.07, 6.45) is 0.297. The van der Waals surface area contributed by atoms with Crippen molar-refractivity contribution in [3.63, 3.8) is 0 Å². The van der Waals surface area contributed by atoms with Gasteiger partial charge in [-0.2, -0.15) is 5.10 Å². The van der Waals surface area contributed by atoms with Gasteiger partial charge < -0.3 is 14.6 Å². The molecule has 0 bridgehead atoms. The SMILES string of the molecule is CCOc1cc(/C=N\NC(=O)c2cccc([N+](=O)[O-])c2)ccc1O[C@@H](C)C(=O)O. The Kier molecular flexibility index (Phi) is 7.24. The number of ether oxygens (including phenoxy) is 2. The lowest BCUT2D eigenvalue weighted by atomic mass is 10.2. The van der Waals surface area contributed by atoms with E-state index in [1.54, 1.807) is 19.1 Å². The number of nitro groups is 1. The van der Waals surface area contributed by atoms with Crippen LogP contribution in [0.3, 0.4) is 0 Å². The third kappa shape index (κ3) is 6.03. The Labute approximate surface area is 165 Å². The second kappa shape index (κ2) is 9.83. The molecule has 0 aliphatic rings. The van der Waals surface area contributed by atoms with Gasteiger partial charge in [0.15, 0.2) is 17.6 Å². The number of hydrogen-bond acceptors (Lipinski definition) is 7. The van der Waals surface area contributed by atoms with E-state index in [-0.39, 0.29) is 17.0 Å². The van der Waals surface area contributed by atoms with E-state index in [4.69, 9.17) is 14.6 Å². The topological polar surface area (TPSA) is 140 Å². The van der Waals surface area contributed by atoms with Crippen LogP contribution in [0.15, 0.2) is 47.6 Å². The van der Waals surface area contributed by atoms with Crippen LogP contribution in [0.2, 0.25) is 0 Å². The van der Waals surface area contributed by atoms with Crippen molar-refractivity contribution in [1.82, 2.24) is 5.43 Å². The molecule has 1 amide bonds. The van der Waals surface area contributed by atoms with Crippen molar-refractivity contribution in [2.75, 3.05) is 6.61 Å². The van der Waals surface area contributed by atoms with E-state index in [9.17, 15) is 19.7 Å². The van der Waals surface area contributed by atoms with Crippen LogP contribution in [0.4, 0.5) is 5.69 Å². The lowest BCUT2D eigenvalue weighted by molar-refractivity contribution is -0.384. The lowest BCUT2D eigenvalue weighted by Gasteiger charge is -2.15. The van der Waals surface area contributed by atoms with Gasteiger partial charge in [-0.3, -0.25) is 14.9 Å². The maximum absolute atomic E-state index is 12.1. The molecule has 2 N–H and O–H groups in total. The minimum absolute atomic E-state index is 0.0951. The molecule has 0 unspecified atom stereocenters. The van der Waals surface area contributed by atoms with E-state index >= 15 is 0 Å². The number of aliphatic carboxylic acids is 1. The Morgan fingerprint density at radius 3 is 2.69 bits per heavy atom. The molecule has 10 nitrogen and oxygen atoms in total. The molecular formula is C19H19N3O7. The van der Waals surface area contributed by atoms with Crippen molar-refractivity contribution in [3.05, 3.63) is 63.7 Å². The van der Waals surface area contributed by atoms with Crippen molar-refractivity contribution < 1.29 is 29.1 Å². The summed E-state index contributed by atoms with van der Waals surface area (Å²) >= 11 is 0. The zero-order valence-corrected chi connectivity index (χ0v) is 15.7. The van der Waals surface area contributed by atoms with Gasteiger partial charge in [0.25, 0.3) is 11.6 Å². The second-order valence-corrected chi connectivity index (χ2v) is 5.74. The largest absolute Gasteiger partial charge is 0.490 e. The van der Waals surface area contributed by atoms with Crippen molar-refractivity contribution in [2.45, 2.75) is 20.0 Å². The van der Waals surface area contributed by atoms with Crippen LogP contribution >= 0.6 is 0 Å². The van der Waals surface area contributed by atoms with Crippen LogP contribution in [-0.2, 0) is 4.79 Å². The average Bonchev–Trinajstić information content (AvgIpc) is 2.69. The Bertz CT molecular complexity index is 943. The molecular weight excluding hydrogens is 382 g/mol. The summed E-state index contributed by atoms with van der Waals surface area (Å²) in [4.78, 5) is 33.2. The van der Waals surface area contributed by atoms with Crippen LogP contribution < -0.4 is 14.9 Å². The molecule has 0 saturated heterocycles. The van der Waals surface area contributed by atoms with E-state index in [0.29, 0.717) is 17.9 Å². The molecule has 0 fully saturated rings. The van der Waals surface area contributed by atoms with Crippen LogP contribution in [0.5, 0.6) is 11.5 Å². The van der Waals surface area contributed by atoms with Crippen LogP contribution in [-0.4, -0.2) is 40.8 Å². The number of nitro benzene ring substituents is 1. The smallest absolute Gasteiger partial charge is 0.344 e. The quantitative estimate of drug-likeness (QED) is 0.374. The third-order valence-corrected chi connectivity index (χ3v) is 3.62. The Morgan fingerprint density at radius 2 is 2.03 bits per heavy atom. The molecule has 0 heterocycles. The zero-order valence-electron chi connectivity index (χ0n) is 15.7. The van der Waals surface area contributed by atoms with Gasteiger partial charge in [0.2, 0.25) is 0 Å². The highest BCUT2D eigenvalue weighted by molar-refractivity contribution is 5.95. The molecule has 2 rings (SSSR count). The monoisotopic (exact) mass is 401 g/mol. The highest BCUT2D eigenvalue weighted by Crippen LogP contribution is 2.29. The molecule has 10 heteroatoms. The summed E-state index contributed by atoms with van der Waals surface area (Å²) in [5.74, 6) is -1.12. The first kappa shape index (κ1) is 21.4. The van der Waals surface area contributed by atoms with E-state index in [1.807, 2.05) is 0 Å². The molecule has 0 aliphatic carbocycles. The van der Waals surface area contributed by atoms with Crippen molar-refractivity contribution in [2.24, 2.45) is 5.10 Å². The lowest BCUT2D eigenvalue weighted by Crippen LogP contribution is -2.23. The molecule has 0 radical (unpaired) electrons. The first-order valence-corrected chi connectivity index (χ1v) is 8.56. The molecule has 0 spiro atoms. The van der Waals surface area contributed by atoms with Crippen molar-refractivity contribution in [1.29, 1.82) is 0 Å². The Hall–Kier alpha value is -3.95. The minimum Gasteiger partial charge on any atom is -0.490 e. The second-order valence-electron chi connectivity index (χ2n) is 5.74. The molecule has 0 aromatic heterocycles. The average molecular weight is 401 g/mol. The van der Waals surface area contributed by atoms with Gasteiger partial charge in [0.05, 0.1) is 17.7 Å². The van der Waals surface area contributed by atoms with Crippen LogP contribution in [0.25, 0.3) is 0 Å². The van der Waals surface area contributed by atoms with Crippen molar-refractivity contribution >= 4 is 23.8 Å². The molecule has 0 aliphatic heterocycles. The van der Waals surface area contributed by atoms with Crippen molar-refractivity contribution in [3.8, 4) is 11.5 Å². The highest BCUT2D eigenvalue weighted by Gasteiger charge is 2.16. The maximum Gasteiger partial charge on any atom is 0.344 e. The molecule has 2 aromatic carbocycles. The first-order valence-electron chi connectivity index (χ1n) is 8.56. The molecule has 2 aromatic rings. The normalized spacial score (nSPS) is 11.7. The Balaban J connectivity index is 2.10. The van der Waals surface area contributed by atoms with Gasteiger partial charge in [-0.15, -0.1) is 0 Å². The zero-order chi connectivity index (χ0) is 21.4. The standard InChI is InChI=1S/C19H19N3O7/c1-3-28-17-9-13(7-8-16(17)29-12(2)19(24)25)11-20-21-18(23)14-5-4-6-15(10-14)22(26)27/h4-12H,3H2,1-2H3,(H,21,23)(H,24,25)/b20-11-/t12-/m0/s1. The third-order valence-electron chi connectivity index (χ3n) is 3.62. The van der Waals surface area contributed by atoms with Crippen LogP contribution in [0.1, 0.15) is 29.8 Å². The number of carboxylic acids is 1. The van der Waals surface area contributed by atoms with E-state index < -0.39 is 22.9 Å². The summed E-state index contributed by atoms with van der Waals surface area (Å²) in [7, 11) is 0. The number of carboxylic acid groups (broad SMARTS) is 1. The summed E-state index contributed by atoms with van der Waals surface area (Å²) < 4.78 is 10.8. The van der Waals surface area contributed by atoms with Gasteiger partial charge >= 0.3 is 5.97 Å². The summed E-state index contributed by atoms with van der Waals surface area (Å²) in [5, 5.41) is 23.6. The number of amides is 1. The fraction of sp³-hybridized carbons (Fsp3) is 0.211. The minimum atomic E-state index is -1.11. The molecule has 29 heavy (non-hydrogen) atoms. The van der Waals surface area contributed by atoms with E-state index in [2.05, 4.69) is 10.5 Å². The number of nitrogens with zero attached hydrogens (tertiary/aromatic N) is 2. The number of carbonyl (C=O) groups is 2. The molecule has 152 valence electrons. The summed E-state index contributed by atoms with van der Waals surface area (Å²) in [6, 6.07) is 9.99. The maximum atomic E-state index is 12.1. The van der Waals surface area contributed by atoms with Gasteiger partial charge in [-0.05, 0) is 43.7 Å². The number of benzene rings is 2. The van der Waals surface area contributed by atoms with Gasteiger partial charge in [0, 0.05) is 17.7 Å². The highest BCUT2D eigenvalue weighted by atomic mass is 16.6. The van der Waals surface area contributed by atoms with E-state index in [0.717, 1.165) is 6.07 Å². The number of hydrazone groups is 1. The first-order chi connectivity index (χ1) is 13.8. The van der Waals surface area contributed by atoms with Crippen LogP contribution in [0, 0.1) is 10.1 Å². The summed E-state index contributed by atoms with van der Waals surface area (Å²) in [5.41, 5.74) is 2.74. The van der Waals surface area contributed by atoms with Gasteiger partial charge in [-0.25, -0.2) is 10.2 Å². The Morgan fingerprint density at radius 1 is 1.28 bits per heavy atom. The molecule has 0 saturated carbocycles. The molecule has 1 atom stereocenters. The van der Waals surface area contributed by atoms with Gasteiger partial charge in [-0.1, -0.05) is 6.07 Å². The number of hydrogen-bond donors (Lipinski definition) is 2. The predicted octanol–water partition coefficient (Wildman–Crippen LogP) is 2.61. The fourth-order valence-electron chi connectivity index (χ4n) is 2.20. The van der Waals surface area contributed by atoms with E-state index in [1.165, 1.54) is 37.4 Å². The predicted molar refractivity (Wildman–Crippen MR) is 103 cm³/mol. The number of nitrogens with one attached hydrogen (secondary N) is 1. The fourth-order valence-corrected chi connectivity index (χ4v) is 2.20. The number of non-ortho nitro benzene ring substituents is 1. The number of rotatable bonds is 9. The summed E-state index contributed by atoms with van der Waals surface area (Å²) in [6.45, 7) is 3.50. The number of carbonyl (C=O) groups excluding carboxylic acids is 1.